The lowest BCUT2D eigenvalue weighted by Gasteiger charge is -2.20. The van der Waals surface area contributed by atoms with Gasteiger partial charge in [0.2, 0.25) is 0 Å². The second kappa shape index (κ2) is 6.39. The average Bonchev–Trinajstić information content (AvgIpc) is 3.20. The van der Waals surface area contributed by atoms with Gasteiger partial charge in [-0.2, -0.15) is 0 Å². The summed E-state index contributed by atoms with van der Waals surface area (Å²) >= 11 is 0. The normalized spacial score (nSPS) is 21.2. The van der Waals surface area contributed by atoms with Gasteiger partial charge < -0.3 is 14.8 Å². The Morgan fingerprint density at radius 1 is 1.50 bits per heavy atom. The summed E-state index contributed by atoms with van der Waals surface area (Å²) < 4.78 is 7.01. The van der Waals surface area contributed by atoms with E-state index in [1.54, 1.807) is 30.8 Å². The van der Waals surface area contributed by atoms with E-state index in [1.165, 1.54) is 6.26 Å². The first-order chi connectivity index (χ1) is 11.3. The van der Waals surface area contributed by atoms with E-state index >= 15 is 0 Å². The van der Waals surface area contributed by atoms with Gasteiger partial charge in [-0.05, 0) is 45.6 Å². The van der Waals surface area contributed by atoms with E-state index in [0.29, 0.717) is 23.9 Å². The molecule has 0 aliphatic heterocycles. The molecule has 0 spiro atoms. The van der Waals surface area contributed by atoms with Crippen molar-refractivity contribution in [3.63, 3.8) is 0 Å². The van der Waals surface area contributed by atoms with Gasteiger partial charge in [-0.3, -0.25) is 9.48 Å². The molecule has 1 aliphatic carbocycles. The summed E-state index contributed by atoms with van der Waals surface area (Å²) in [5.41, 5.74) is 0.388. The molecule has 2 aromatic rings. The number of rotatable bonds is 5. The largest absolute Gasteiger partial charge is 0.459 e. The van der Waals surface area contributed by atoms with Gasteiger partial charge in [0.15, 0.2) is 5.76 Å². The lowest BCUT2D eigenvalue weighted by Crippen LogP contribution is -2.39. The van der Waals surface area contributed by atoms with Crippen molar-refractivity contribution < 1.29 is 14.3 Å². The smallest absolute Gasteiger partial charge is 0.287 e. The number of nitrogens with one attached hydrogen (secondary N) is 1. The Morgan fingerprint density at radius 3 is 2.92 bits per heavy atom. The summed E-state index contributed by atoms with van der Waals surface area (Å²) in [5.74, 6) is 0.511. The highest BCUT2D eigenvalue weighted by Crippen LogP contribution is 2.28. The van der Waals surface area contributed by atoms with E-state index in [9.17, 15) is 9.90 Å². The van der Waals surface area contributed by atoms with Crippen LogP contribution < -0.4 is 5.32 Å². The van der Waals surface area contributed by atoms with Gasteiger partial charge in [-0.25, -0.2) is 0 Å². The molecule has 2 atom stereocenters. The molecular weight excluding hydrogens is 308 g/mol. The number of hydrogen-bond acceptors (Lipinski definition) is 5. The van der Waals surface area contributed by atoms with Crippen LogP contribution in [0.15, 0.2) is 22.9 Å². The van der Waals surface area contributed by atoms with Crippen molar-refractivity contribution in [3.05, 3.63) is 35.5 Å². The highest BCUT2D eigenvalue weighted by atomic mass is 16.3. The molecule has 1 aliphatic rings. The number of aromatic nitrogens is 3. The number of aliphatic hydroxyl groups is 1. The van der Waals surface area contributed by atoms with Crippen molar-refractivity contribution in [1.29, 1.82) is 0 Å². The summed E-state index contributed by atoms with van der Waals surface area (Å²) in [6.45, 7) is 5.90. The van der Waals surface area contributed by atoms with Gasteiger partial charge in [0, 0.05) is 18.2 Å². The van der Waals surface area contributed by atoms with Crippen LogP contribution in [0, 0.1) is 12.8 Å². The monoisotopic (exact) mass is 332 g/mol. The summed E-state index contributed by atoms with van der Waals surface area (Å²) in [6.07, 6.45) is 6.35. The topological polar surface area (TPSA) is 93.2 Å². The minimum absolute atomic E-state index is 0.0942. The average molecular weight is 332 g/mol. The Kier molecular flexibility index (Phi) is 4.45. The van der Waals surface area contributed by atoms with E-state index in [1.807, 2.05) is 6.92 Å². The zero-order chi connectivity index (χ0) is 17.3. The van der Waals surface area contributed by atoms with Crippen molar-refractivity contribution in [1.82, 2.24) is 20.3 Å². The lowest BCUT2D eigenvalue weighted by atomic mass is 10.0. The predicted octanol–water partition coefficient (Wildman–Crippen LogP) is 2.01. The molecule has 2 heterocycles. The van der Waals surface area contributed by atoms with Crippen molar-refractivity contribution in [3.8, 4) is 0 Å². The van der Waals surface area contributed by atoms with Crippen molar-refractivity contribution in [2.75, 3.05) is 0 Å². The maximum Gasteiger partial charge on any atom is 0.287 e. The molecule has 0 unspecified atom stereocenters. The molecule has 7 heteroatoms. The first kappa shape index (κ1) is 16.7. The third kappa shape index (κ3) is 3.51. The first-order valence-electron chi connectivity index (χ1n) is 8.32. The van der Waals surface area contributed by atoms with E-state index in [0.717, 1.165) is 24.8 Å². The van der Waals surface area contributed by atoms with Crippen molar-refractivity contribution in [2.45, 2.75) is 58.2 Å². The van der Waals surface area contributed by atoms with Gasteiger partial charge in [0.1, 0.15) is 11.3 Å². The van der Waals surface area contributed by atoms with E-state index in [4.69, 9.17) is 4.42 Å². The van der Waals surface area contributed by atoms with Crippen LogP contribution in [0.5, 0.6) is 0 Å². The lowest BCUT2D eigenvalue weighted by molar-refractivity contribution is 0.0737. The van der Waals surface area contributed by atoms with Gasteiger partial charge in [0.25, 0.3) is 5.91 Å². The number of amides is 1. The number of furan rings is 1. The van der Waals surface area contributed by atoms with Crippen LogP contribution in [0.1, 0.15) is 54.9 Å². The Bertz CT molecular complexity index is 713. The molecule has 1 fully saturated rings. The second-order valence-electron chi connectivity index (χ2n) is 7.09. The van der Waals surface area contributed by atoms with E-state index in [2.05, 4.69) is 15.6 Å². The van der Waals surface area contributed by atoms with Gasteiger partial charge in [0.05, 0.1) is 12.5 Å². The molecule has 24 heavy (non-hydrogen) atoms. The minimum Gasteiger partial charge on any atom is -0.459 e. The molecule has 0 aromatic carbocycles. The predicted molar refractivity (Wildman–Crippen MR) is 87.3 cm³/mol. The molecular formula is C17H24N4O3. The molecule has 3 rings (SSSR count). The first-order valence-corrected chi connectivity index (χ1v) is 8.32. The fourth-order valence-corrected chi connectivity index (χ4v) is 3.19. The molecule has 0 saturated heterocycles. The number of nitrogens with zero attached hydrogens (tertiary/aromatic N) is 3. The Hall–Kier alpha value is -2.15. The summed E-state index contributed by atoms with van der Waals surface area (Å²) in [7, 11) is 0. The van der Waals surface area contributed by atoms with Crippen molar-refractivity contribution >= 4 is 5.91 Å². The highest BCUT2D eigenvalue weighted by molar-refractivity contribution is 5.93. The van der Waals surface area contributed by atoms with Gasteiger partial charge in [-0.15, -0.1) is 5.10 Å². The van der Waals surface area contributed by atoms with Crippen LogP contribution >= 0.6 is 0 Å². The molecule has 2 aromatic heterocycles. The Balaban J connectivity index is 1.64. The number of hydrogen-bond donors (Lipinski definition) is 2. The fourth-order valence-electron chi connectivity index (χ4n) is 3.19. The summed E-state index contributed by atoms with van der Waals surface area (Å²) in [6, 6.07) is 1.88. The second-order valence-corrected chi connectivity index (χ2v) is 7.09. The SMILES string of the molecule is Cc1ccoc1C(=O)N[C@@H]1CCC[C@@H]1Cn1cc(C(C)(C)O)nn1. The number of carbonyl (C=O) groups is 1. The van der Waals surface area contributed by atoms with Crippen LogP contribution in [0.2, 0.25) is 0 Å². The van der Waals surface area contributed by atoms with Gasteiger partial charge in [-0.1, -0.05) is 11.6 Å². The molecule has 0 radical (unpaired) electrons. The zero-order valence-electron chi connectivity index (χ0n) is 14.3. The quantitative estimate of drug-likeness (QED) is 0.873. The Labute approximate surface area is 141 Å². The summed E-state index contributed by atoms with van der Waals surface area (Å²) in [5, 5.41) is 21.2. The van der Waals surface area contributed by atoms with Crippen LogP contribution in [0.25, 0.3) is 0 Å². The molecule has 1 amide bonds. The van der Waals surface area contributed by atoms with E-state index in [-0.39, 0.29) is 11.9 Å². The number of carbonyl (C=O) groups excluding carboxylic acids is 1. The molecule has 1 saturated carbocycles. The molecule has 7 nitrogen and oxygen atoms in total. The van der Waals surface area contributed by atoms with Gasteiger partial charge >= 0.3 is 0 Å². The Morgan fingerprint density at radius 2 is 2.29 bits per heavy atom. The van der Waals surface area contributed by atoms with Crippen LogP contribution in [-0.4, -0.2) is 32.0 Å². The molecule has 2 N–H and O–H groups in total. The molecule has 130 valence electrons. The fraction of sp³-hybridized carbons (Fsp3) is 0.588. The standard InChI is InChI=1S/C17H24N4O3/c1-11-7-8-24-15(11)16(22)18-13-6-4-5-12(13)9-21-10-14(19-20-21)17(2,3)23/h7-8,10,12-13,23H,4-6,9H2,1-3H3,(H,18,22)/t12-,13-/m1/s1. The minimum atomic E-state index is -1.00. The third-order valence-corrected chi connectivity index (χ3v) is 4.63. The zero-order valence-corrected chi connectivity index (χ0v) is 14.3. The molecule has 0 bridgehead atoms. The van der Waals surface area contributed by atoms with E-state index < -0.39 is 5.60 Å². The maximum absolute atomic E-state index is 12.3. The highest BCUT2D eigenvalue weighted by Gasteiger charge is 2.31. The van der Waals surface area contributed by atoms with Crippen LogP contribution in [0.4, 0.5) is 0 Å². The van der Waals surface area contributed by atoms with Crippen molar-refractivity contribution in [2.24, 2.45) is 5.92 Å². The van der Waals surface area contributed by atoms with Crippen LogP contribution in [-0.2, 0) is 12.1 Å². The maximum atomic E-state index is 12.3. The third-order valence-electron chi connectivity index (χ3n) is 4.63. The van der Waals surface area contributed by atoms with Crippen LogP contribution in [0.3, 0.4) is 0 Å². The number of aryl methyl sites for hydroxylation is 1. The summed E-state index contributed by atoms with van der Waals surface area (Å²) in [4.78, 5) is 12.3.